The molecule has 1 fully saturated rings. The summed E-state index contributed by atoms with van der Waals surface area (Å²) in [5.41, 5.74) is 0.977. The van der Waals surface area contributed by atoms with Crippen molar-refractivity contribution >= 4 is 5.91 Å². The Morgan fingerprint density at radius 3 is 2.65 bits per heavy atom. The van der Waals surface area contributed by atoms with Crippen LogP contribution in [-0.4, -0.2) is 18.5 Å². The maximum Gasteiger partial charge on any atom is 0.234 e. The van der Waals surface area contributed by atoms with E-state index in [0.717, 1.165) is 18.4 Å². The number of nitrogens with one attached hydrogen (secondary N) is 2. The van der Waals surface area contributed by atoms with E-state index < -0.39 is 0 Å². The second-order valence-electron chi connectivity index (χ2n) is 4.50. The highest BCUT2D eigenvalue weighted by Crippen LogP contribution is 2.18. The van der Waals surface area contributed by atoms with Crippen LogP contribution < -0.4 is 10.6 Å². The molecule has 1 aromatic rings. The van der Waals surface area contributed by atoms with Gasteiger partial charge in [0.25, 0.3) is 0 Å². The van der Waals surface area contributed by atoms with E-state index in [1.54, 1.807) is 12.1 Å². The zero-order valence-electron chi connectivity index (χ0n) is 9.87. The van der Waals surface area contributed by atoms with Gasteiger partial charge < -0.3 is 10.6 Å². The smallest absolute Gasteiger partial charge is 0.234 e. The number of carbonyl (C=O) groups excluding carboxylic acids is 1. The van der Waals surface area contributed by atoms with Crippen molar-refractivity contribution in [1.29, 1.82) is 0 Å². The van der Waals surface area contributed by atoms with E-state index in [1.807, 2.05) is 6.92 Å². The number of hydrogen-bond acceptors (Lipinski definition) is 2. The highest BCUT2D eigenvalue weighted by atomic mass is 19.1. The molecule has 1 aromatic carbocycles. The van der Waals surface area contributed by atoms with Crippen molar-refractivity contribution < 1.29 is 9.18 Å². The first-order valence-electron chi connectivity index (χ1n) is 5.93. The highest BCUT2D eigenvalue weighted by molar-refractivity contribution is 5.78. The molecule has 0 aromatic heterocycles. The molecule has 92 valence electrons. The fourth-order valence-electron chi connectivity index (χ4n) is 1.62. The van der Waals surface area contributed by atoms with Crippen LogP contribution in [0.25, 0.3) is 0 Å². The van der Waals surface area contributed by atoms with Crippen molar-refractivity contribution in [2.24, 2.45) is 0 Å². The van der Waals surface area contributed by atoms with Crippen molar-refractivity contribution in [2.45, 2.75) is 31.8 Å². The van der Waals surface area contributed by atoms with Crippen LogP contribution in [0, 0.1) is 5.82 Å². The molecule has 0 spiro atoms. The second kappa shape index (κ2) is 5.27. The van der Waals surface area contributed by atoms with Crippen LogP contribution in [0.15, 0.2) is 24.3 Å². The number of benzene rings is 1. The summed E-state index contributed by atoms with van der Waals surface area (Å²) in [6.45, 7) is 2.26. The van der Waals surface area contributed by atoms with Crippen molar-refractivity contribution in [1.82, 2.24) is 10.6 Å². The average Bonchev–Trinajstić information content (AvgIpc) is 3.11. The fourth-order valence-corrected chi connectivity index (χ4v) is 1.62. The van der Waals surface area contributed by atoms with Gasteiger partial charge in [0, 0.05) is 12.1 Å². The zero-order chi connectivity index (χ0) is 12.3. The average molecular weight is 236 g/mol. The van der Waals surface area contributed by atoms with Crippen LogP contribution in [0.3, 0.4) is 0 Å². The maximum atomic E-state index is 12.7. The molecule has 2 rings (SSSR count). The number of halogens is 1. The zero-order valence-corrected chi connectivity index (χ0v) is 9.87. The predicted octanol–water partition coefficient (Wildman–Crippen LogP) is 1.75. The van der Waals surface area contributed by atoms with E-state index in [9.17, 15) is 9.18 Å². The Morgan fingerprint density at radius 1 is 1.41 bits per heavy atom. The maximum absolute atomic E-state index is 12.7. The molecule has 17 heavy (non-hydrogen) atoms. The van der Waals surface area contributed by atoms with E-state index >= 15 is 0 Å². The monoisotopic (exact) mass is 236 g/mol. The molecule has 0 aliphatic heterocycles. The standard InChI is InChI=1S/C13H17FN2O/c1-9(10-2-4-11(14)5-3-10)15-8-13(17)16-12-6-7-12/h2-5,9,12,15H,6-8H2,1H3,(H,16,17)/t9-/m0/s1. The Kier molecular flexibility index (Phi) is 3.74. The van der Waals surface area contributed by atoms with Crippen LogP contribution in [0.2, 0.25) is 0 Å². The van der Waals surface area contributed by atoms with Crippen LogP contribution in [0.4, 0.5) is 4.39 Å². The second-order valence-corrected chi connectivity index (χ2v) is 4.50. The van der Waals surface area contributed by atoms with Crippen molar-refractivity contribution in [3.63, 3.8) is 0 Å². The topological polar surface area (TPSA) is 41.1 Å². The summed E-state index contributed by atoms with van der Waals surface area (Å²) in [6.07, 6.45) is 2.19. The van der Waals surface area contributed by atoms with Gasteiger partial charge in [-0.05, 0) is 37.5 Å². The molecule has 0 bridgehead atoms. The third-order valence-corrected chi connectivity index (χ3v) is 2.88. The molecular formula is C13H17FN2O. The molecule has 4 heteroatoms. The summed E-state index contributed by atoms with van der Waals surface area (Å²) in [6, 6.07) is 6.75. The van der Waals surface area contributed by atoms with E-state index in [4.69, 9.17) is 0 Å². The van der Waals surface area contributed by atoms with E-state index in [0.29, 0.717) is 12.6 Å². The summed E-state index contributed by atoms with van der Waals surface area (Å²) in [7, 11) is 0. The minimum atomic E-state index is -0.243. The Bertz CT molecular complexity index is 387. The predicted molar refractivity (Wildman–Crippen MR) is 64.0 cm³/mol. The minimum Gasteiger partial charge on any atom is -0.352 e. The summed E-state index contributed by atoms with van der Waals surface area (Å²) in [4.78, 5) is 11.4. The van der Waals surface area contributed by atoms with Gasteiger partial charge in [0.2, 0.25) is 5.91 Å². The lowest BCUT2D eigenvalue weighted by Crippen LogP contribution is -2.36. The molecule has 2 N–H and O–H groups in total. The molecule has 1 atom stereocenters. The largest absolute Gasteiger partial charge is 0.352 e. The van der Waals surface area contributed by atoms with Gasteiger partial charge in [0.15, 0.2) is 0 Å². The summed E-state index contributed by atoms with van der Waals surface area (Å²) < 4.78 is 12.7. The van der Waals surface area contributed by atoms with Gasteiger partial charge >= 0.3 is 0 Å². The van der Waals surface area contributed by atoms with Gasteiger partial charge in [-0.3, -0.25) is 4.79 Å². The number of amides is 1. The van der Waals surface area contributed by atoms with Crippen LogP contribution in [0.1, 0.15) is 31.4 Å². The Morgan fingerprint density at radius 2 is 2.06 bits per heavy atom. The van der Waals surface area contributed by atoms with E-state index in [2.05, 4.69) is 10.6 Å². The highest BCUT2D eigenvalue weighted by Gasteiger charge is 2.23. The molecule has 1 saturated carbocycles. The summed E-state index contributed by atoms with van der Waals surface area (Å²) >= 11 is 0. The molecule has 0 radical (unpaired) electrons. The van der Waals surface area contributed by atoms with Gasteiger partial charge in [-0.2, -0.15) is 0 Å². The molecule has 3 nitrogen and oxygen atoms in total. The van der Waals surface area contributed by atoms with Crippen molar-refractivity contribution in [2.75, 3.05) is 6.54 Å². The molecule has 1 aliphatic rings. The number of hydrogen-bond donors (Lipinski definition) is 2. The minimum absolute atomic E-state index is 0.0291. The molecule has 1 aliphatic carbocycles. The third-order valence-electron chi connectivity index (χ3n) is 2.88. The first kappa shape index (κ1) is 12.0. The first-order valence-corrected chi connectivity index (χ1v) is 5.93. The third kappa shape index (κ3) is 3.82. The Labute approximate surface area is 100 Å². The van der Waals surface area contributed by atoms with Crippen molar-refractivity contribution in [3.8, 4) is 0 Å². The van der Waals surface area contributed by atoms with Gasteiger partial charge in [-0.1, -0.05) is 12.1 Å². The molecule has 0 saturated heterocycles. The van der Waals surface area contributed by atoms with Crippen LogP contribution in [0.5, 0.6) is 0 Å². The van der Waals surface area contributed by atoms with Crippen LogP contribution in [-0.2, 0) is 4.79 Å². The lowest BCUT2D eigenvalue weighted by molar-refractivity contribution is -0.120. The van der Waals surface area contributed by atoms with Gasteiger partial charge in [-0.25, -0.2) is 4.39 Å². The lowest BCUT2D eigenvalue weighted by atomic mass is 10.1. The van der Waals surface area contributed by atoms with E-state index in [-0.39, 0.29) is 17.8 Å². The van der Waals surface area contributed by atoms with Crippen LogP contribution >= 0.6 is 0 Å². The number of carbonyl (C=O) groups is 1. The van der Waals surface area contributed by atoms with Crippen molar-refractivity contribution in [3.05, 3.63) is 35.6 Å². The van der Waals surface area contributed by atoms with Gasteiger partial charge in [-0.15, -0.1) is 0 Å². The molecule has 1 amide bonds. The SMILES string of the molecule is C[C@H](NCC(=O)NC1CC1)c1ccc(F)cc1. The first-order chi connectivity index (χ1) is 8.15. The number of rotatable bonds is 5. The summed E-state index contributed by atoms with van der Waals surface area (Å²) in [5.74, 6) is -0.214. The molecular weight excluding hydrogens is 219 g/mol. The Balaban J connectivity index is 1.77. The normalized spacial score (nSPS) is 16.6. The fraction of sp³-hybridized carbons (Fsp3) is 0.462. The van der Waals surface area contributed by atoms with E-state index in [1.165, 1.54) is 12.1 Å². The Hall–Kier alpha value is -1.42. The quantitative estimate of drug-likeness (QED) is 0.818. The van der Waals surface area contributed by atoms with Gasteiger partial charge in [0.05, 0.1) is 6.54 Å². The molecule has 0 heterocycles. The summed E-state index contributed by atoms with van der Waals surface area (Å²) in [5, 5.41) is 6.03. The lowest BCUT2D eigenvalue weighted by Gasteiger charge is -2.14. The molecule has 0 unspecified atom stereocenters. The van der Waals surface area contributed by atoms with Gasteiger partial charge in [0.1, 0.15) is 5.82 Å².